The van der Waals surface area contributed by atoms with Crippen molar-refractivity contribution in [2.45, 2.75) is 17.9 Å². The van der Waals surface area contributed by atoms with Crippen molar-refractivity contribution in [3.05, 3.63) is 46.6 Å². The number of cyclic esters (lactones) is 1. The van der Waals surface area contributed by atoms with Crippen LogP contribution in [0.4, 0.5) is 4.79 Å². The lowest BCUT2D eigenvalue weighted by atomic mass is 10.2. The van der Waals surface area contributed by atoms with E-state index in [0.29, 0.717) is 0 Å². The Morgan fingerprint density at radius 3 is 2.65 bits per heavy atom. The minimum Gasteiger partial charge on any atom is -0.446 e. The van der Waals surface area contributed by atoms with Gasteiger partial charge in [0.1, 0.15) is 12.6 Å². The van der Waals surface area contributed by atoms with Crippen LogP contribution in [0.5, 0.6) is 0 Å². The van der Waals surface area contributed by atoms with E-state index in [1.165, 1.54) is 23.2 Å². The molecular weight excluding hydrogens is 346 g/mol. The predicted octanol–water partition coefficient (Wildman–Crippen LogP) is 2.57. The molecule has 0 spiro atoms. The number of carbonyl (C=O) groups excluding carboxylic acids is 1. The second kappa shape index (κ2) is 5.83. The van der Waals surface area contributed by atoms with Gasteiger partial charge in [0.2, 0.25) is 0 Å². The molecule has 1 amide bonds. The molecule has 0 unspecified atom stereocenters. The van der Waals surface area contributed by atoms with Crippen molar-refractivity contribution in [3.8, 4) is 0 Å². The molecule has 1 aliphatic heterocycles. The molecule has 0 N–H and O–H groups in total. The zero-order chi connectivity index (χ0) is 14.8. The molecule has 2 rings (SSSR count). The summed E-state index contributed by atoms with van der Waals surface area (Å²) in [4.78, 5) is 13.2. The van der Waals surface area contributed by atoms with Crippen molar-refractivity contribution in [3.63, 3.8) is 0 Å². The standard InChI is InChI=1S/C13H12BrNO4S/c1-10-4-6-12(7-5-10)20(17,18)15-11(3-2-8-14)9-19-13(15)16/h3-8,11H,9H2,1H3/t2?,11-/m0/s1. The third-order valence-electron chi connectivity index (χ3n) is 2.79. The number of ether oxygens (including phenoxy) is 1. The van der Waals surface area contributed by atoms with Gasteiger partial charge in [-0.15, -0.1) is 5.73 Å². The maximum Gasteiger partial charge on any atom is 0.424 e. The Morgan fingerprint density at radius 2 is 2.05 bits per heavy atom. The van der Waals surface area contributed by atoms with Gasteiger partial charge in [0.25, 0.3) is 10.0 Å². The molecular formula is C13H12BrNO4S. The lowest BCUT2D eigenvalue weighted by Gasteiger charge is -2.18. The Labute approximate surface area is 125 Å². The van der Waals surface area contributed by atoms with Crippen molar-refractivity contribution in [2.75, 3.05) is 6.61 Å². The summed E-state index contributed by atoms with van der Waals surface area (Å²) in [6, 6.07) is 5.60. The smallest absolute Gasteiger partial charge is 0.424 e. The Bertz CT molecular complexity index is 675. The first-order chi connectivity index (χ1) is 9.46. The average molecular weight is 358 g/mol. The van der Waals surface area contributed by atoms with Crippen molar-refractivity contribution >= 4 is 32.0 Å². The highest BCUT2D eigenvalue weighted by molar-refractivity contribution is 9.11. The van der Waals surface area contributed by atoms with E-state index in [0.717, 1.165) is 9.87 Å². The summed E-state index contributed by atoms with van der Waals surface area (Å²) in [6.07, 6.45) is 0.592. The zero-order valence-electron chi connectivity index (χ0n) is 10.6. The van der Waals surface area contributed by atoms with Gasteiger partial charge in [0.05, 0.1) is 4.90 Å². The number of sulfonamides is 1. The molecule has 1 atom stereocenters. The maximum absolute atomic E-state index is 12.5. The molecule has 1 aromatic rings. The Balaban J connectivity index is 2.43. The van der Waals surface area contributed by atoms with Gasteiger partial charge < -0.3 is 4.74 Å². The highest BCUT2D eigenvalue weighted by Crippen LogP contribution is 2.24. The van der Waals surface area contributed by atoms with Crippen LogP contribution in [0.25, 0.3) is 0 Å². The molecule has 1 heterocycles. The molecule has 0 saturated carbocycles. The van der Waals surface area contributed by atoms with E-state index < -0.39 is 22.2 Å². The summed E-state index contributed by atoms with van der Waals surface area (Å²) in [5.74, 6) is 0. The highest BCUT2D eigenvalue weighted by Gasteiger charge is 2.41. The van der Waals surface area contributed by atoms with Gasteiger partial charge in [-0.25, -0.2) is 13.2 Å². The lowest BCUT2D eigenvalue weighted by molar-refractivity contribution is 0.170. The number of aryl methyl sites for hydroxylation is 1. The fourth-order valence-electron chi connectivity index (χ4n) is 1.79. The second-order valence-corrected chi connectivity index (χ2v) is 6.47. The molecule has 0 aromatic heterocycles. The number of rotatable bonds is 3. The number of benzene rings is 1. The van der Waals surface area contributed by atoms with Gasteiger partial charge in [-0.2, -0.15) is 4.31 Å². The number of amides is 1. The number of carbonyl (C=O) groups is 1. The molecule has 0 bridgehead atoms. The molecule has 0 radical (unpaired) electrons. The van der Waals surface area contributed by atoms with E-state index in [9.17, 15) is 13.2 Å². The van der Waals surface area contributed by atoms with Crippen LogP contribution in [-0.4, -0.2) is 31.5 Å². The first-order valence-corrected chi connectivity index (χ1v) is 8.11. The topological polar surface area (TPSA) is 63.7 Å². The van der Waals surface area contributed by atoms with Crippen LogP contribution in [0.15, 0.2) is 46.0 Å². The van der Waals surface area contributed by atoms with E-state index >= 15 is 0 Å². The summed E-state index contributed by atoms with van der Waals surface area (Å²) in [7, 11) is -3.93. The molecule has 1 saturated heterocycles. The summed E-state index contributed by atoms with van der Waals surface area (Å²) >= 11 is 3.03. The zero-order valence-corrected chi connectivity index (χ0v) is 13.0. The molecule has 5 nitrogen and oxygen atoms in total. The quantitative estimate of drug-likeness (QED) is 0.779. The van der Waals surface area contributed by atoms with Crippen molar-refractivity contribution in [2.24, 2.45) is 0 Å². The van der Waals surface area contributed by atoms with E-state index in [2.05, 4.69) is 21.7 Å². The molecule has 20 heavy (non-hydrogen) atoms. The van der Waals surface area contributed by atoms with Crippen molar-refractivity contribution in [1.29, 1.82) is 0 Å². The lowest BCUT2D eigenvalue weighted by Crippen LogP contribution is -2.37. The van der Waals surface area contributed by atoms with Crippen LogP contribution in [-0.2, 0) is 14.8 Å². The second-order valence-electron chi connectivity index (χ2n) is 4.20. The van der Waals surface area contributed by atoms with E-state index in [-0.39, 0.29) is 11.5 Å². The van der Waals surface area contributed by atoms with Crippen LogP contribution < -0.4 is 0 Å². The van der Waals surface area contributed by atoms with Crippen LogP contribution >= 0.6 is 15.9 Å². The van der Waals surface area contributed by atoms with Crippen molar-refractivity contribution in [1.82, 2.24) is 4.31 Å². The molecule has 1 aliphatic rings. The Hall–Kier alpha value is -1.56. The SMILES string of the molecule is Cc1ccc(S(=O)(=O)N2C(=O)OC[C@@H]2C=C=CBr)cc1. The summed E-state index contributed by atoms with van der Waals surface area (Å²) in [5, 5.41) is 0. The summed E-state index contributed by atoms with van der Waals surface area (Å²) < 4.78 is 30.5. The fourth-order valence-corrected chi connectivity index (χ4v) is 3.37. The van der Waals surface area contributed by atoms with Crippen molar-refractivity contribution < 1.29 is 17.9 Å². The van der Waals surface area contributed by atoms with Gasteiger partial charge in [-0.3, -0.25) is 0 Å². The first-order valence-electron chi connectivity index (χ1n) is 5.76. The van der Waals surface area contributed by atoms with Gasteiger partial charge in [0.15, 0.2) is 0 Å². The first kappa shape index (κ1) is 14.8. The highest BCUT2D eigenvalue weighted by atomic mass is 79.9. The predicted molar refractivity (Wildman–Crippen MR) is 76.9 cm³/mol. The minimum absolute atomic E-state index is 0.0161. The Morgan fingerprint density at radius 1 is 1.40 bits per heavy atom. The van der Waals surface area contributed by atoms with Crippen LogP contribution in [0.3, 0.4) is 0 Å². The fraction of sp³-hybridized carbons (Fsp3) is 0.231. The molecule has 1 aromatic carbocycles. The average Bonchev–Trinajstić information content (AvgIpc) is 2.78. The van der Waals surface area contributed by atoms with Gasteiger partial charge >= 0.3 is 6.09 Å². The third kappa shape index (κ3) is 2.80. The number of halogens is 1. The van der Waals surface area contributed by atoms with E-state index in [4.69, 9.17) is 4.74 Å². The normalized spacial score (nSPS) is 18.4. The summed E-state index contributed by atoms with van der Waals surface area (Å²) in [5.41, 5.74) is 3.64. The Kier molecular flexibility index (Phi) is 4.32. The summed E-state index contributed by atoms with van der Waals surface area (Å²) in [6.45, 7) is 1.84. The van der Waals surface area contributed by atoms with E-state index in [1.807, 2.05) is 6.92 Å². The van der Waals surface area contributed by atoms with E-state index in [1.54, 1.807) is 12.1 Å². The minimum atomic E-state index is -3.93. The van der Waals surface area contributed by atoms with Gasteiger partial charge in [-0.05, 0) is 25.1 Å². The van der Waals surface area contributed by atoms with Crippen LogP contribution in [0, 0.1) is 6.92 Å². The molecule has 106 valence electrons. The number of hydrogen-bond acceptors (Lipinski definition) is 4. The third-order valence-corrected chi connectivity index (χ3v) is 4.86. The van der Waals surface area contributed by atoms with Gasteiger partial charge in [0, 0.05) is 4.99 Å². The monoisotopic (exact) mass is 357 g/mol. The molecule has 1 fully saturated rings. The largest absolute Gasteiger partial charge is 0.446 e. The number of hydrogen-bond donors (Lipinski definition) is 0. The molecule has 7 heteroatoms. The molecule has 0 aliphatic carbocycles. The van der Waals surface area contributed by atoms with Gasteiger partial charge in [-0.1, -0.05) is 33.6 Å². The number of nitrogens with zero attached hydrogens (tertiary/aromatic N) is 1. The maximum atomic E-state index is 12.5. The van der Waals surface area contributed by atoms with Crippen LogP contribution in [0.1, 0.15) is 5.56 Å². The van der Waals surface area contributed by atoms with Crippen LogP contribution in [0.2, 0.25) is 0 Å².